The van der Waals surface area contributed by atoms with Gasteiger partial charge >= 0.3 is 5.97 Å². The number of para-hydroxylation sites is 2. The van der Waals surface area contributed by atoms with Gasteiger partial charge in [0, 0.05) is 35.5 Å². The fourth-order valence-corrected chi connectivity index (χ4v) is 5.06. The predicted molar refractivity (Wildman–Crippen MR) is 178 cm³/mol. The summed E-state index contributed by atoms with van der Waals surface area (Å²) in [4.78, 5) is 25.3. The van der Waals surface area contributed by atoms with Crippen LogP contribution in [-0.4, -0.2) is 43.2 Å². The zero-order chi connectivity index (χ0) is 31.4. The Labute approximate surface area is 263 Å². The number of nitrogens with one attached hydrogen (secondary N) is 2. The number of hydrogen-bond acceptors (Lipinski definition) is 6. The summed E-state index contributed by atoms with van der Waals surface area (Å²) in [5.74, 6) is 0.368. The molecular formula is C38H36N2O5. The molecule has 0 bridgehead atoms. The van der Waals surface area contributed by atoms with Crippen LogP contribution >= 0.6 is 0 Å². The molecule has 0 amide bonds. The van der Waals surface area contributed by atoms with Gasteiger partial charge in [-0.05, 0) is 65.6 Å². The summed E-state index contributed by atoms with van der Waals surface area (Å²) in [7, 11) is 1.66. The van der Waals surface area contributed by atoms with Gasteiger partial charge in [0.05, 0.1) is 7.11 Å². The quantitative estimate of drug-likeness (QED) is 0.0870. The average Bonchev–Trinajstić information content (AvgIpc) is 3.08. The van der Waals surface area contributed by atoms with Gasteiger partial charge in [0.25, 0.3) is 0 Å². The van der Waals surface area contributed by atoms with Gasteiger partial charge in [-0.25, -0.2) is 4.79 Å². The van der Waals surface area contributed by atoms with Crippen molar-refractivity contribution in [2.75, 3.05) is 30.9 Å². The highest BCUT2D eigenvalue weighted by Crippen LogP contribution is 2.23. The first kappa shape index (κ1) is 30.9. The van der Waals surface area contributed by atoms with Crippen molar-refractivity contribution >= 4 is 23.1 Å². The minimum absolute atomic E-state index is 0.167. The molecule has 0 aromatic heterocycles. The largest absolute Gasteiger partial charge is 0.497 e. The van der Waals surface area contributed by atoms with Crippen LogP contribution in [0.15, 0.2) is 127 Å². The van der Waals surface area contributed by atoms with Crippen LogP contribution in [0, 0.1) is 0 Å². The molecule has 5 aromatic rings. The van der Waals surface area contributed by atoms with E-state index in [1.807, 2.05) is 54.6 Å². The van der Waals surface area contributed by atoms with Crippen LogP contribution in [0.5, 0.6) is 11.5 Å². The average molecular weight is 601 g/mol. The molecule has 0 fully saturated rings. The molecule has 0 aliphatic rings. The van der Waals surface area contributed by atoms with Crippen molar-refractivity contribution in [2.45, 2.75) is 18.9 Å². The van der Waals surface area contributed by atoms with E-state index in [1.54, 1.807) is 55.6 Å². The van der Waals surface area contributed by atoms with Crippen LogP contribution in [-0.2, 0) is 17.6 Å². The smallest absolute Gasteiger partial charge is 0.326 e. The molecule has 5 aromatic carbocycles. The maximum absolute atomic E-state index is 13.1. The van der Waals surface area contributed by atoms with E-state index < -0.39 is 12.0 Å². The van der Waals surface area contributed by atoms with Crippen molar-refractivity contribution < 1.29 is 24.2 Å². The topological polar surface area (TPSA) is 96.9 Å². The number of ketones is 1. The third kappa shape index (κ3) is 8.51. The molecule has 0 saturated heterocycles. The molecule has 0 aliphatic heterocycles. The van der Waals surface area contributed by atoms with Crippen molar-refractivity contribution in [3.63, 3.8) is 0 Å². The van der Waals surface area contributed by atoms with E-state index in [2.05, 4.69) is 34.9 Å². The zero-order valence-electron chi connectivity index (χ0n) is 25.1. The van der Waals surface area contributed by atoms with Crippen LogP contribution in [0.25, 0.3) is 0 Å². The van der Waals surface area contributed by atoms with Gasteiger partial charge in [0.1, 0.15) is 24.1 Å². The third-order valence-corrected chi connectivity index (χ3v) is 7.46. The molecule has 0 heterocycles. The minimum Gasteiger partial charge on any atom is -0.497 e. The Bertz CT molecular complexity index is 1700. The summed E-state index contributed by atoms with van der Waals surface area (Å²) in [6, 6.07) is 38.7. The number of carboxylic acids is 1. The number of aliphatic carboxylic acids is 1. The van der Waals surface area contributed by atoms with Crippen molar-refractivity contribution in [1.29, 1.82) is 0 Å². The highest BCUT2D eigenvalue weighted by Gasteiger charge is 2.21. The lowest BCUT2D eigenvalue weighted by atomic mass is 10.00. The highest BCUT2D eigenvalue weighted by atomic mass is 16.5. The van der Waals surface area contributed by atoms with E-state index in [0.29, 0.717) is 35.7 Å². The number of methoxy groups -OCH3 is 1. The van der Waals surface area contributed by atoms with E-state index >= 15 is 0 Å². The Morgan fingerprint density at radius 2 is 1.33 bits per heavy atom. The van der Waals surface area contributed by atoms with Gasteiger partial charge in [-0.3, -0.25) is 4.79 Å². The van der Waals surface area contributed by atoms with Crippen molar-refractivity contribution in [3.05, 3.63) is 155 Å². The number of carboxylic acid groups (broad SMARTS) is 1. The van der Waals surface area contributed by atoms with Gasteiger partial charge in [-0.2, -0.15) is 0 Å². The fourth-order valence-electron chi connectivity index (χ4n) is 5.06. The van der Waals surface area contributed by atoms with Crippen LogP contribution in [0.3, 0.4) is 0 Å². The molecule has 0 saturated carbocycles. The number of carbonyl (C=O) groups excluding carboxylic acids is 1. The SMILES string of the molecule is COc1ccc(Cc2ccccc2NCCOc2ccc(CC(Nc3ccccc3C(=O)c3ccccc3)C(=O)O)cc2)cc1. The highest BCUT2D eigenvalue weighted by molar-refractivity contribution is 6.12. The Morgan fingerprint density at radius 3 is 2.04 bits per heavy atom. The second-order valence-electron chi connectivity index (χ2n) is 10.6. The monoisotopic (exact) mass is 600 g/mol. The number of rotatable bonds is 15. The van der Waals surface area contributed by atoms with Gasteiger partial charge < -0.3 is 25.2 Å². The molecule has 5 rings (SSSR count). The van der Waals surface area contributed by atoms with E-state index in [0.717, 1.165) is 23.4 Å². The van der Waals surface area contributed by atoms with Crippen molar-refractivity contribution in [2.24, 2.45) is 0 Å². The second kappa shape index (κ2) is 15.3. The summed E-state index contributed by atoms with van der Waals surface area (Å²) < 4.78 is 11.2. The Hall–Kier alpha value is -5.56. The van der Waals surface area contributed by atoms with Gasteiger partial charge in [0.15, 0.2) is 5.78 Å². The van der Waals surface area contributed by atoms with Crippen molar-refractivity contribution in [3.8, 4) is 11.5 Å². The second-order valence-corrected chi connectivity index (χ2v) is 10.6. The summed E-state index contributed by atoms with van der Waals surface area (Å²) in [6.45, 7) is 1.08. The Balaban J connectivity index is 1.14. The number of carbonyl (C=O) groups is 2. The molecule has 0 radical (unpaired) electrons. The molecule has 7 heteroatoms. The van der Waals surface area contributed by atoms with Crippen LogP contribution in [0.2, 0.25) is 0 Å². The molecule has 3 N–H and O–H groups in total. The number of hydrogen-bond donors (Lipinski definition) is 3. The first-order valence-electron chi connectivity index (χ1n) is 14.8. The number of benzene rings is 5. The van der Waals surface area contributed by atoms with E-state index in [-0.39, 0.29) is 12.2 Å². The third-order valence-electron chi connectivity index (χ3n) is 7.46. The van der Waals surface area contributed by atoms with E-state index in [1.165, 1.54) is 11.1 Å². The van der Waals surface area contributed by atoms with E-state index in [9.17, 15) is 14.7 Å². The summed E-state index contributed by atoms with van der Waals surface area (Å²) in [5.41, 5.74) is 5.74. The number of anilines is 2. The Kier molecular flexibility index (Phi) is 10.5. The molecule has 0 aliphatic carbocycles. The molecule has 7 nitrogen and oxygen atoms in total. The van der Waals surface area contributed by atoms with E-state index in [4.69, 9.17) is 9.47 Å². The summed E-state index contributed by atoms with van der Waals surface area (Å²) in [5, 5.41) is 16.5. The first-order valence-corrected chi connectivity index (χ1v) is 14.8. The maximum atomic E-state index is 13.1. The van der Waals surface area contributed by atoms with Gasteiger partial charge in [0.2, 0.25) is 0 Å². The zero-order valence-corrected chi connectivity index (χ0v) is 25.1. The van der Waals surface area contributed by atoms with Gasteiger partial charge in [-0.15, -0.1) is 0 Å². The lowest BCUT2D eigenvalue weighted by Gasteiger charge is -2.18. The molecule has 228 valence electrons. The maximum Gasteiger partial charge on any atom is 0.326 e. The number of ether oxygens (including phenoxy) is 2. The lowest BCUT2D eigenvalue weighted by molar-refractivity contribution is -0.137. The lowest BCUT2D eigenvalue weighted by Crippen LogP contribution is -2.32. The summed E-state index contributed by atoms with van der Waals surface area (Å²) in [6.07, 6.45) is 1.03. The minimum atomic E-state index is -1.00. The summed E-state index contributed by atoms with van der Waals surface area (Å²) >= 11 is 0. The molecule has 0 spiro atoms. The van der Waals surface area contributed by atoms with Crippen molar-refractivity contribution in [1.82, 2.24) is 0 Å². The standard InChI is InChI=1S/C38H36N2O5/c1-44-31-19-15-27(16-20-31)25-30-11-5-7-13-34(30)39-23-24-45-32-21-17-28(18-22-32)26-36(38(42)43)40-35-14-8-6-12-33(35)37(41)29-9-3-2-4-10-29/h2-22,36,39-40H,23-26H2,1H3,(H,42,43). The molecule has 45 heavy (non-hydrogen) atoms. The first-order chi connectivity index (χ1) is 22.0. The molecular weight excluding hydrogens is 564 g/mol. The van der Waals surface area contributed by atoms with Crippen LogP contribution in [0.1, 0.15) is 32.6 Å². The molecule has 1 unspecified atom stereocenters. The Morgan fingerprint density at radius 1 is 0.711 bits per heavy atom. The fraction of sp³-hybridized carbons (Fsp3) is 0.158. The van der Waals surface area contributed by atoms with Gasteiger partial charge in [-0.1, -0.05) is 84.9 Å². The van der Waals surface area contributed by atoms with Crippen LogP contribution < -0.4 is 20.1 Å². The predicted octanol–water partition coefficient (Wildman–Crippen LogP) is 7.12. The molecule has 1 atom stereocenters. The van der Waals surface area contributed by atoms with Crippen LogP contribution in [0.4, 0.5) is 11.4 Å². The normalized spacial score (nSPS) is 11.3.